The normalized spacial score (nSPS) is 17.6. The predicted octanol–water partition coefficient (Wildman–Crippen LogP) is 4.26. The molecule has 1 fully saturated rings. The number of para-hydroxylation sites is 1. The van der Waals surface area contributed by atoms with Gasteiger partial charge in [0.1, 0.15) is 5.75 Å². The molecule has 1 atom stereocenters. The number of halogens is 1. The number of rotatable bonds is 5. The number of ether oxygens (including phenoxy) is 1. The molecule has 0 bridgehead atoms. The zero-order valence-corrected chi connectivity index (χ0v) is 14.7. The molecule has 1 heterocycles. The standard InChI is InChI=1S/C20H24ClNO2/c1-24-20-8-3-2-7-18(20)15-9-11-22(12-10-15)14-19(23)16-5-4-6-17(21)13-16/h2-8,13,15,19,23H,9-12,14H2,1H3/t19-/m0/s1. The number of aliphatic hydroxyl groups is 1. The molecule has 0 unspecified atom stereocenters. The topological polar surface area (TPSA) is 32.7 Å². The third-order valence-electron chi connectivity index (χ3n) is 4.83. The largest absolute Gasteiger partial charge is 0.496 e. The maximum Gasteiger partial charge on any atom is 0.122 e. The fourth-order valence-electron chi connectivity index (χ4n) is 3.49. The molecule has 0 radical (unpaired) electrons. The first-order valence-corrected chi connectivity index (χ1v) is 8.84. The number of hydrogen-bond donors (Lipinski definition) is 1. The number of aliphatic hydroxyl groups excluding tert-OH is 1. The molecule has 3 nitrogen and oxygen atoms in total. The van der Waals surface area contributed by atoms with Gasteiger partial charge in [0.25, 0.3) is 0 Å². The van der Waals surface area contributed by atoms with Gasteiger partial charge in [-0.05, 0) is 61.2 Å². The number of likely N-dealkylation sites (tertiary alicyclic amines) is 1. The lowest BCUT2D eigenvalue weighted by Gasteiger charge is -2.33. The van der Waals surface area contributed by atoms with Crippen LogP contribution in [0.5, 0.6) is 5.75 Å². The Labute approximate surface area is 148 Å². The van der Waals surface area contributed by atoms with Crippen LogP contribution in [0.3, 0.4) is 0 Å². The van der Waals surface area contributed by atoms with Gasteiger partial charge in [0, 0.05) is 11.6 Å². The average Bonchev–Trinajstić information content (AvgIpc) is 2.62. The Hall–Kier alpha value is -1.55. The van der Waals surface area contributed by atoms with Gasteiger partial charge in [0.05, 0.1) is 13.2 Å². The predicted molar refractivity (Wildman–Crippen MR) is 97.8 cm³/mol. The van der Waals surface area contributed by atoms with Crippen molar-refractivity contribution in [1.82, 2.24) is 4.90 Å². The second-order valence-corrected chi connectivity index (χ2v) is 6.82. The third kappa shape index (κ3) is 4.10. The molecule has 3 rings (SSSR count). The Morgan fingerprint density at radius 1 is 1.17 bits per heavy atom. The van der Waals surface area contributed by atoms with Crippen molar-refractivity contribution in [3.05, 3.63) is 64.7 Å². The Balaban J connectivity index is 1.57. The lowest BCUT2D eigenvalue weighted by molar-refractivity contribution is 0.0970. The fourth-order valence-corrected chi connectivity index (χ4v) is 3.69. The highest BCUT2D eigenvalue weighted by Gasteiger charge is 2.24. The molecule has 4 heteroatoms. The van der Waals surface area contributed by atoms with Crippen LogP contribution in [0.15, 0.2) is 48.5 Å². The monoisotopic (exact) mass is 345 g/mol. The van der Waals surface area contributed by atoms with Crippen LogP contribution in [0.4, 0.5) is 0 Å². The van der Waals surface area contributed by atoms with E-state index in [4.69, 9.17) is 16.3 Å². The number of nitrogens with zero attached hydrogens (tertiary/aromatic N) is 1. The first kappa shape index (κ1) is 17.3. The van der Waals surface area contributed by atoms with E-state index in [0.717, 1.165) is 37.2 Å². The highest BCUT2D eigenvalue weighted by Crippen LogP contribution is 2.34. The molecule has 2 aromatic rings. The van der Waals surface area contributed by atoms with E-state index in [1.54, 1.807) is 7.11 Å². The van der Waals surface area contributed by atoms with Gasteiger partial charge in [0.2, 0.25) is 0 Å². The highest BCUT2D eigenvalue weighted by atomic mass is 35.5. The Morgan fingerprint density at radius 3 is 2.62 bits per heavy atom. The fraction of sp³-hybridized carbons (Fsp3) is 0.400. The van der Waals surface area contributed by atoms with Gasteiger partial charge >= 0.3 is 0 Å². The first-order chi connectivity index (χ1) is 11.7. The lowest BCUT2D eigenvalue weighted by Crippen LogP contribution is -2.36. The van der Waals surface area contributed by atoms with Crippen LogP contribution >= 0.6 is 11.6 Å². The molecule has 0 amide bonds. The van der Waals surface area contributed by atoms with Crippen molar-refractivity contribution in [3.8, 4) is 5.75 Å². The second kappa shape index (κ2) is 8.02. The van der Waals surface area contributed by atoms with Crippen molar-refractivity contribution >= 4 is 11.6 Å². The number of β-amino-alcohol motifs (C(OH)–C–C–N with tert-alkyl or cyclic N) is 1. The maximum atomic E-state index is 10.4. The smallest absolute Gasteiger partial charge is 0.122 e. The van der Waals surface area contributed by atoms with Gasteiger partial charge in [-0.3, -0.25) is 0 Å². The van der Waals surface area contributed by atoms with Crippen molar-refractivity contribution < 1.29 is 9.84 Å². The number of benzene rings is 2. The molecule has 128 valence electrons. The molecule has 0 aromatic heterocycles. The Kier molecular flexibility index (Phi) is 5.77. The molecular weight excluding hydrogens is 322 g/mol. The summed E-state index contributed by atoms with van der Waals surface area (Å²) >= 11 is 6.01. The van der Waals surface area contributed by atoms with Crippen molar-refractivity contribution in [2.24, 2.45) is 0 Å². The summed E-state index contributed by atoms with van der Waals surface area (Å²) in [4.78, 5) is 2.33. The van der Waals surface area contributed by atoms with Gasteiger partial charge in [-0.25, -0.2) is 0 Å². The molecular formula is C20H24ClNO2. The molecule has 1 aliphatic rings. The lowest BCUT2D eigenvalue weighted by atomic mass is 9.88. The van der Waals surface area contributed by atoms with Gasteiger partial charge in [-0.1, -0.05) is 41.9 Å². The highest BCUT2D eigenvalue weighted by molar-refractivity contribution is 6.30. The minimum absolute atomic E-state index is 0.494. The van der Waals surface area contributed by atoms with Gasteiger partial charge in [0.15, 0.2) is 0 Å². The summed E-state index contributed by atoms with van der Waals surface area (Å²) in [5, 5.41) is 11.1. The van der Waals surface area contributed by atoms with Crippen LogP contribution in [-0.2, 0) is 0 Å². The van der Waals surface area contributed by atoms with Crippen LogP contribution < -0.4 is 4.74 Å². The summed E-state index contributed by atoms with van der Waals surface area (Å²) in [5.41, 5.74) is 2.18. The van der Waals surface area contributed by atoms with Crippen molar-refractivity contribution in [3.63, 3.8) is 0 Å². The zero-order valence-electron chi connectivity index (χ0n) is 14.0. The summed E-state index contributed by atoms with van der Waals surface area (Å²) in [7, 11) is 1.73. The van der Waals surface area contributed by atoms with E-state index in [1.807, 2.05) is 36.4 Å². The zero-order chi connectivity index (χ0) is 16.9. The summed E-state index contributed by atoms with van der Waals surface area (Å²) in [5.74, 6) is 1.51. The van der Waals surface area contributed by atoms with E-state index >= 15 is 0 Å². The molecule has 0 aliphatic carbocycles. The van der Waals surface area contributed by atoms with Crippen LogP contribution in [0.1, 0.15) is 36.0 Å². The molecule has 1 N–H and O–H groups in total. The minimum atomic E-state index is -0.494. The van der Waals surface area contributed by atoms with Gasteiger partial charge < -0.3 is 14.7 Å². The average molecular weight is 346 g/mol. The molecule has 0 saturated carbocycles. The maximum absolute atomic E-state index is 10.4. The quantitative estimate of drug-likeness (QED) is 0.878. The van der Waals surface area contributed by atoms with Crippen molar-refractivity contribution in [1.29, 1.82) is 0 Å². The molecule has 1 aliphatic heterocycles. The van der Waals surface area contributed by atoms with E-state index in [-0.39, 0.29) is 0 Å². The van der Waals surface area contributed by atoms with Gasteiger partial charge in [-0.2, -0.15) is 0 Å². The van der Waals surface area contributed by atoms with Gasteiger partial charge in [-0.15, -0.1) is 0 Å². The molecule has 24 heavy (non-hydrogen) atoms. The minimum Gasteiger partial charge on any atom is -0.496 e. The summed E-state index contributed by atoms with van der Waals surface area (Å²) in [6.45, 7) is 2.62. The van der Waals surface area contributed by atoms with E-state index in [2.05, 4.69) is 17.0 Å². The number of piperidine rings is 1. The van der Waals surface area contributed by atoms with Crippen LogP contribution in [0.2, 0.25) is 5.02 Å². The second-order valence-electron chi connectivity index (χ2n) is 6.39. The van der Waals surface area contributed by atoms with E-state index in [0.29, 0.717) is 17.5 Å². The molecule has 0 spiro atoms. The Bertz CT molecular complexity index is 668. The summed E-state index contributed by atoms with van der Waals surface area (Å²) in [6, 6.07) is 15.8. The van der Waals surface area contributed by atoms with Crippen molar-refractivity contribution in [2.75, 3.05) is 26.7 Å². The third-order valence-corrected chi connectivity index (χ3v) is 5.07. The Morgan fingerprint density at radius 2 is 1.92 bits per heavy atom. The van der Waals surface area contributed by atoms with Crippen molar-refractivity contribution in [2.45, 2.75) is 24.9 Å². The molecule has 2 aromatic carbocycles. The summed E-state index contributed by atoms with van der Waals surface area (Å²) in [6.07, 6.45) is 1.68. The van der Waals surface area contributed by atoms with Crippen LogP contribution in [-0.4, -0.2) is 36.8 Å². The number of hydrogen-bond acceptors (Lipinski definition) is 3. The van der Waals surface area contributed by atoms with Crippen LogP contribution in [0.25, 0.3) is 0 Å². The first-order valence-electron chi connectivity index (χ1n) is 8.46. The SMILES string of the molecule is COc1ccccc1C1CCN(C[C@H](O)c2cccc(Cl)c2)CC1. The molecule has 1 saturated heterocycles. The number of methoxy groups -OCH3 is 1. The van der Waals surface area contributed by atoms with E-state index < -0.39 is 6.10 Å². The van der Waals surface area contributed by atoms with Crippen LogP contribution in [0, 0.1) is 0 Å². The van der Waals surface area contributed by atoms with E-state index in [1.165, 1.54) is 5.56 Å². The van der Waals surface area contributed by atoms with E-state index in [9.17, 15) is 5.11 Å². The summed E-state index contributed by atoms with van der Waals surface area (Å²) < 4.78 is 5.49.